The summed E-state index contributed by atoms with van der Waals surface area (Å²) in [5.74, 6) is 1.70. The molecule has 0 atom stereocenters. The molecule has 1 amide bonds. The van der Waals surface area contributed by atoms with Crippen LogP contribution in [0.25, 0.3) is 0 Å². The molecular weight excluding hydrogens is 346 g/mol. The topological polar surface area (TPSA) is 65.3 Å². The number of carbonyl (C=O) groups excluding carboxylic acids is 1. The number of aromatic nitrogens is 1. The van der Waals surface area contributed by atoms with E-state index in [2.05, 4.69) is 4.98 Å². The number of hydrogen-bond donors (Lipinski definition) is 1. The van der Waals surface area contributed by atoms with E-state index in [1.165, 1.54) is 10.5 Å². The molecule has 27 heavy (non-hydrogen) atoms. The second kappa shape index (κ2) is 7.84. The Bertz CT molecular complexity index is 787. The minimum atomic E-state index is 0.00762. The van der Waals surface area contributed by atoms with Crippen molar-refractivity contribution in [2.24, 2.45) is 0 Å². The molecule has 0 saturated carbocycles. The quantitative estimate of drug-likeness (QED) is 0.844. The summed E-state index contributed by atoms with van der Waals surface area (Å²) in [6, 6.07) is 7.60. The predicted octanol–water partition coefficient (Wildman–Crippen LogP) is 0.402. The highest BCUT2D eigenvalue weighted by Crippen LogP contribution is 2.40. The SMILES string of the molecule is COc1cc(C(=O)N2CC[NH+](Cc3ccncc3)CC2)cc2c1OCCO2. The van der Waals surface area contributed by atoms with Crippen molar-refractivity contribution in [2.45, 2.75) is 6.54 Å². The summed E-state index contributed by atoms with van der Waals surface area (Å²) in [4.78, 5) is 20.4. The van der Waals surface area contributed by atoms with Gasteiger partial charge in [0.05, 0.1) is 33.3 Å². The van der Waals surface area contributed by atoms with Gasteiger partial charge >= 0.3 is 0 Å². The van der Waals surface area contributed by atoms with Crippen LogP contribution in [0.15, 0.2) is 36.7 Å². The van der Waals surface area contributed by atoms with Gasteiger partial charge in [0.1, 0.15) is 19.8 Å². The predicted molar refractivity (Wildman–Crippen MR) is 98.5 cm³/mol. The molecule has 3 heterocycles. The first-order chi connectivity index (χ1) is 13.2. The second-order valence-electron chi connectivity index (χ2n) is 6.78. The third kappa shape index (κ3) is 3.83. The maximum absolute atomic E-state index is 13.0. The van der Waals surface area contributed by atoms with Gasteiger partial charge in [-0.05, 0) is 24.3 Å². The Hall–Kier alpha value is -2.80. The lowest BCUT2D eigenvalue weighted by molar-refractivity contribution is -0.917. The molecule has 4 rings (SSSR count). The Balaban J connectivity index is 1.42. The number of benzene rings is 1. The molecule has 0 bridgehead atoms. The maximum Gasteiger partial charge on any atom is 0.254 e. The molecule has 0 radical (unpaired) electrons. The highest BCUT2D eigenvalue weighted by Gasteiger charge is 2.27. The van der Waals surface area contributed by atoms with E-state index >= 15 is 0 Å². The van der Waals surface area contributed by atoms with Crippen molar-refractivity contribution >= 4 is 5.91 Å². The lowest BCUT2D eigenvalue weighted by Crippen LogP contribution is -3.13. The van der Waals surface area contributed by atoms with Crippen molar-refractivity contribution in [2.75, 3.05) is 46.5 Å². The number of amides is 1. The first kappa shape index (κ1) is 17.6. The van der Waals surface area contributed by atoms with E-state index in [4.69, 9.17) is 14.2 Å². The number of nitrogens with zero attached hydrogens (tertiary/aromatic N) is 2. The van der Waals surface area contributed by atoms with Gasteiger partial charge in [0.15, 0.2) is 11.5 Å². The molecule has 2 aromatic rings. The van der Waals surface area contributed by atoms with Crippen molar-refractivity contribution in [3.8, 4) is 17.2 Å². The molecule has 1 aromatic heterocycles. The highest BCUT2D eigenvalue weighted by atomic mass is 16.6. The Morgan fingerprint density at radius 3 is 2.67 bits per heavy atom. The smallest absolute Gasteiger partial charge is 0.254 e. The summed E-state index contributed by atoms with van der Waals surface area (Å²) >= 11 is 0. The van der Waals surface area contributed by atoms with Crippen LogP contribution < -0.4 is 19.1 Å². The Morgan fingerprint density at radius 1 is 1.19 bits per heavy atom. The first-order valence-corrected chi connectivity index (χ1v) is 9.24. The summed E-state index contributed by atoms with van der Waals surface area (Å²) in [5.41, 5.74) is 1.85. The molecule has 1 fully saturated rings. The third-order valence-corrected chi connectivity index (χ3v) is 5.04. The molecule has 1 N–H and O–H groups in total. The summed E-state index contributed by atoms with van der Waals surface area (Å²) in [5, 5.41) is 0. The summed E-state index contributed by atoms with van der Waals surface area (Å²) < 4.78 is 16.6. The van der Waals surface area contributed by atoms with Gasteiger partial charge in [-0.1, -0.05) is 0 Å². The lowest BCUT2D eigenvalue weighted by atomic mass is 10.1. The third-order valence-electron chi connectivity index (χ3n) is 5.04. The zero-order valence-corrected chi connectivity index (χ0v) is 15.4. The van der Waals surface area contributed by atoms with Gasteiger partial charge in [-0.25, -0.2) is 0 Å². The van der Waals surface area contributed by atoms with Crippen molar-refractivity contribution in [3.05, 3.63) is 47.8 Å². The lowest BCUT2D eigenvalue weighted by Gasteiger charge is -2.32. The van der Waals surface area contributed by atoms with Crippen molar-refractivity contribution in [1.82, 2.24) is 9.88 Å². The van der Waals surface area contributed by atoms with Crippen molar-refractivity contribution in [1.29, 1.82) is 0 Å². The van der Waals surface area contributed by atoms with Gasteiger partial charge in [0.2, 0.25) is 5.75 Å². The van der Waals surface area contributed by atoms with Gasteiger partial charge in [0.25, 0.3) is 5.91 Å². The monoisotopic (exact) mass is 370 g/mol. The second-order valence-corrected chi connectivity index (χ2v) is 6.78. The van der Waals surface area contributed by atoms with Crippen molar-refractivity contribution in [3.63, 3.8) is 0 Å². The van der Waals surface area contributed by atoms with E-state index in [-0.39, 0.29) is 5.91 Å². The van der Waals surface area contributed by atoms with E-state index in [1.807, 2.05) is 29.4 Å². The minimum Gasteiger partial charge on any atom is -0.493 e. The fourth-order valence-corrected chi connectivity index (χ4v) is 3.57. The van der Waals surface area contributed by atoms with Crippen LogP contribution in [0.2, 0.25) is 0 Å². The van der Waals surface area contributed by atoms with Gasteiger partial charge in [-0.2, -0.15) is 0 Å². The van der Waals surface area contributed by atoms with Crippen LogP contribution >= 0.6 is 0 Å². The highest BCUT2D eigenvalue weighted by molar-refractivity contribution is 5.95. The Labute approximate surface area is 158 Å². The number of methoxy groups -OCH3 is 1. The number of fused-ring (bicyclic) bond motifs is 1. The summed E-state index contributed by atoms with van der Waals surface area (Å²) in [6.45, 7) is 5.24. The van der Waals surface area contributed by atoms with E-state index < -0.39 is 0 Å². The molecule has 7 nitrogen and oxygen atoms in total. The van der Waals surface area contributed by atoms with Crippen LogP contribution in [0.1, 0.15) is 15.9 Å². The maximum atomic E-state index is 13.0. The van der Waals surface area contributed by atoms with E-state index in [9.17, 15) is 4.79 Å². The number of quaternary nitrogens is 1. The summed E-state index contributed by atoms with van der Waals surface area (Å²) in [7, 11) is 1.57. The van der Waals surface area contributed by atoms with Gasteiger partial charge in [0, 0.05) is 23.5 Å². The molecule has 0 spiro atoms. The zero-order valence-electron chi connectivity index (χ0n) is 15.4. The standard InChI is InChI=1S/C20H23N3O4/c1-25-17-12-16(13-18-19(17)27-11-10-26-18)20(24)23-8-6-22(7-9-23)14-15-2-4-21-5-3-15/h2-5,12-13H,6-11,14H2,1H3/p+1. The van der Waals surface area contributed by atoms with Gasteiger partial charge in [-0.15, -0.1) is 0 Å². The normalized spacial score (nSPS) is 16.9. The minimum absolute atomic E-state index is 0.00762. The fraction of sp³-hybridized carbons (Fsp3) is 0.400. The van der Waals surface area contributed by atoms with Crippen LogP contribution in [-0.4, -0.2) is 62.3 Å². The molecular formula is C20H24N3O4+. The molecule has 142 valence electrons. The number of ether oxygens (including phenoxy) is 3. The summed E-state index contributed by atoms with van der Waals surface area (Å²) in [6.07, 6.45) is 3.65. The van der Waals surface area contributed by atoms with Crippen molar-refractivity contribution < 1.29 is 23.9 Å². The number of piperazine rings is 1. The van der Waals surface area contributed by atoms with Crippen LogP contribution in [0.5, 0.6) is 17.2 Å². The van der Waals surface area contributed by atoms with Crippen LogP contribution in [0.4, 0.5) is 0 Å². The van der Waals surface area contributed by atoms with Crippen LogP contribution in [-0.2, 0) is 6.54 Å². The zero-order chi connectivity index (χ0) is 18.6. The van der Waals surface area contributed by atoms with E-state index in [1.54, 1.807) is 19.2 Å². The number of carbonyl (C=O) groups is 1. The van der Waals surface area contributed by atoms with Gasteiger partial charge < -0.3 is 24.0 Å². The van der Waals surface area contributed by atoms with Gasteiger partial charge in [-0.3, -0.25) is 9.78 Å². The largest absolute Gasteiger partial charge is 0.493 e. The molecule has 1 saturated heterocycles. The number of hydrogen-bond acceptors (Lipinski definition) is 5. The van der Waals surface area contributed by atoms with Crippen LogP contribution in [0, 0.1) is 0 Å². The molecule has 2 aliphatic heterocycles. The number of nitrogens with one attached hydrogen (secondary N) is 1. The molecule has 1 aromatic carbocycles. The number of rotatable bonds is 4. The average molecular weight is 370 g/mol. The average Bonchev–Trinajstić information content (AvgIpc) is 2.73. The molecule has 2 aliphatic rings. The Kier molecular flexibility index (Phi) is 5.11. The van der Waals surface area contributed by atoms with Crippen LogP contribution in [0.3, 0.4) is 0 Å². The first-order valence-electron chi connectivity index (χ1n) is 9.24. The Morgan fingerprint density at radius 2 is 1.93 bits per heavy atom. The molecule has 7 heteroatoms. The fourth-order valence-electron chi connectivity index (χ4n) is 3.57. The number of pyridine rings is 1. The molecule has 0 unspecified atom stereocenters. The van der Waals surface area contributed by atoms with E-state index in [0.29, 0.717) is 36.0 Å². The van der Waals surface area contributed by atoms with E-state index in [0.717, 1.165) is 32.7 Å². The molecule has 0 aliphatic carbocycles.